The van der Waals surface area contributed by atoms with Crippen molar-refractivity contribution >= 4 is 22.9 Å². The minimum absolute atomic E-state index is 0.660. The molecule has 1 aromatic heterocycles. The highest BCUT2D eigenvalue weighted by molar-refractivity contribution is 7.15. The van der Waals surface area contributed by atoms with Crippen LogP contribution in [0.15, 0.2) is 6.20 Å². The number of aromatic nitrogens is 1. The van der Waals surface area contributed by atoms with Gasteiger partial charge in [-0.3, -0.25) is 4.90 Å². The molecule has 0 saturated heterocycles. The molecule has 0 amide bonds. The molecular weight excluding hydrogens is 228 g/mol. The van der Waals surface area contributed by atoms with Crippen LogP contribution in [0.4, 0.5) is 0 Å². The van der Waals surface area contributed by atoms with E-state index in [-0.39, 0.29) is 0 Å². The van der Waals surface area contributed by atoms with Crippen LogP contribution in [0.3, 0.4) is 0 Å². The Hall–Kier alpha value is -0.120. The van der Waals surface area contributed by atoms with Gasteiger partial charge in [-0.25, -0.2) is 4.98 Å². The molecule has 0 unspecified atom stereocenters. The minimum atomic E-state index is 0.660. The zero-order valence-corrected chi connectivity index (χ0v) is 10.7. The smallest absolute Gasteiger partial charge is 0.183 e. The van der Waals surface area contributed by atoms with Gasteiger partial charge in [0.15, 0.2) is 4.47 Å². The maximum absolute atomic E-state index is 5.83. The highest BCUT2D eigenvalue weighted by Crippen LogP contribution is 2.30. The lowest BCUT2D eigenvalue weighted by Crippen LogP contribution is -2.25. The number of halogens is 1. The predicted octanol–water partition coefficient (Wildman–Crippen LogP) is 3.42. The Morgan fingerprint density at radius 2 is 2.40 bits per heavy atom. The summed E-state index contributed by atoms with van der Waals surface area (Å²) in [6.07, 6.45) is 5.97. The van der Waals surface area contributed by atoms with Crippen molar-refractivity contribution in [1.82, 2.24) is 9.88 Å². The number of rotatable bonds is 6. The van der Waals surface area contributed by atoms with Gasteiger partial charge in [0.2, 0.25) is 0 Å². The molecule has 1 aromatic rings. The Kier molecular flexibility index (Phi) is 4.00. The molecule has 15 heavy (non-hydrogen) atoms. The van der Waals surface area contributed by atoms with E-state index < -0.39 is 0 Å². The monoisotopic (exact) mass is 244 g/mol. The quantitative estimate of drug-likeness (QED) is 0.762. The van der Waals surface area contributed by atoms with Crippen molar-refractivity contribution in [3.05, 3.63) is 15.5 Å². The standard InChI is InChI=1S/C11H17ClN2S/c1-2-5-14(7-9-3-4-9)8-10-6-13-11(12)15-10/h6,9H,2-5,7-8H2,1H3. The van der Waals surface area contributed by atoms with Crippen molar-refractivity contribution in [2.24, 2.45) is 5.92 Å². The van der Waals surface area contributed by atoms with Gasteiger partial charge in [0.1, 0.15) is 0 Å². The van der Waals surface area contributed by atoms with E-state index in [1.807, 2.05) is 6.20 Å². The van der Waals surface area contributed by atoms with Crippen LogP contribution in [0.5, 0.6) is 0 Å². The van der Waals surface area contributed by atoms with Crippen molar-refractivity contribution in [3.63, 3.8) is 0 Å². The average molecular weight is 245 g/mol. The van der Waals surface area contributed by atoms with Crippen molar-refractivity contribution in [2.75, 3.05) is 13.1 Å². The fourth-order valence-corrected chi connectivity index (χ4v) is 2.81. The van der Waals surface area contributed by atoms with Crippen molar-refractivity contribution in [3.8, 4) is 0 Å². The first kappa shape index (κ1) is 11.4. The average Bonchev–Trinajstić information content (AvgIpc) is 2.90. The van der Waals surface area contributed by atoms with Crippen LogP contribution in [-0.2, 0) is 6.54 Å². The molecule has 1 aliphatic carbocycles. The lowest BCUT2D eigenvalue weighted by Gasteiger charge is -2.20. The van der Waals surface area contributed by atoms with Gasteiger partial charge in [0.05, 0.1) is 0 Å². The summed E-state index contributed by atoms with van der Waals surface area (Å²) < 4.78 is 0.660. The summed E-state index contributed by atoms with van der Waals surface area (Å²) in [5.74, 6) is 0.958. The second-order valence-corrected chi connectivity index (χ2v) is 5.96. The van der Waals surface area contributed by atoms with E-state index in [4.69, 9.17) is 11.6 Å². The van der Waals surface area contributed by atoms with Crippen LogP contribution in [-0.4, -0.2) is 23.0 Å². The molecule has 2 rings (SSSR count). The third-order valence-electron chi connectivity index (χ3n) is 2.66. The Morgan fingerprint density at radius 3 is 2.93 bits per heavy atom. The fourth-order valence-electron chi connectivity index (χ4n) is 1.79. The molecule has 0 aliphatic heterocycles. The van der Waals surface area contributed by atoms with E-state index >= 15 is 0 Å². The number of hydrogen-bond donors (Lipinski definition) is 0. The lowest BCUT2D eigenvalue weighted by atomic mass is 10.3. The molecule has 1 aliphatic rings. The van der Waals surface area contributed by atoms with Gasteiger partial charge in [0, 0.05) is 24.2 Å². The van der Waals surface area contributed by atoms with Crippen LogP contribution >= 0.6 is 22.9 Å². The first-order valence-electron chi connectivity index (χ1n) is 5.60. The summed E-state index contributed by atoms with van der Waals surface area (Å²) in [4.78, 5) is 7.90. The topological polar surface area (TPSA) is 16.1 Å². The van der Waals surface area contributed by atoms with Crippen molar-refractivity contribution in [1.29, 1.82) is 0 Å². The highest BCUT2D eigenvalue weighted by atomic mass is 35.5. The third-order valence-corrected chi connectivity index (χ3v) is 3.76. The predicted molar refractivity (Wildman–Crippen MR) is 65.4 cm³/mol. The Balaban J connectivity index is 1.86. The molecule has 0 spiro atoms. The molecule has 0 bridgehead atoms. The summed E-state index contributed by atoms with van der Waals surface area (Å²) in [6, 6.07) is 0. The zero-order chi connectivity index (χ0) is 10.7. The molecule has 0 radical (unpaired) electrons. The Morgan fingerprint density at radius 1 is 1.60 bits per heavy atom. The van der Waals surface area contributed by atoms with Crippen molar-refractivity contribution in [2.45, 2.75) is 32.7 Å². The summed E-state index contributed by atoms with van der Waals surface area (Å²) in [5, 5.41) is 0. The van der Waals surface area contributed by atoms with Crippen LogP contribution in [0.1, 0.15) is 31.1 Å². The van der Waals surface area contributed by atoms with E-state index in [0.717, 1.165) is 12.5 Å². The zero-order valence-electron chi connectivity index (χ0n) is 9.08. The van der Waals surface area contributed by atoms with Crippen molar-refractivity contribution < 1.29 is 0 Å². The van der Waals surface area contributed by atoms with Gasteiger partial charge in [0.25, 0.3) is 0 Å². The van der Waals surface area contributed by atoms with E-state index in [9.17, 15) is 0 Å². The van der Waals surface area contributed by atoms with Gasteiger partial charge >= 0.3 is 0 Å². The molecule has 84 valence electrons. The molecule has 0 aromatic carbocycles. The SMILES string of the molecule is CCCN(Cc1cnc(Cl)s1)CC1CC1. The van der Waals surface area contributed by atoms with Gasteiger partial charge in [-0.15, -0.1) is 11.3 Å². The minimum Gasteiger partial charge on any atom is -0.298 e. The summed E-state index contributed by atoms with van der Waals surface area (Å²) in [7, 11) is 0. The summed E-state index contributed by atoms with van der Waals surface area (Å²) in [5.41, 5.74) is 0. The normalized spacial score (nSPS) is 16.2. The van der Waals surface area contributed by atoms with Gasteiger partial charge in [-0.1, -0.05) is 18.5 Å². The molecule has 1 saturated carbocycles. The number of nitrogens with zero attached hydrogens (tertiary/aromatic N) is 2. The Bertz CT molecular complexity index is 309. The van der Waals surface area contributed by atoms with Gasteiger partial charge in [-0.05, 0) is 31.7 Å². The van der Waals surface area contributed by atoms with E-state index in [2.05, 4.69) is 16.8 Å². The fraction of sp³-hybridized carbons (Fsp3) is 0.727. The molecule has 0 atom stereocenters. The molecule has 0 N–H and O–H groups in total. The first-order valence-corrected chi connectivity index (χ1v) is 6.80. The van der Waals surface area contributed by atoms with Crippen LogP contribution in [0.2, 0.25) is 4.47 Å². The first-order chi connectivity index (χ1) is 7.28. The molecular formula is C11H17ClN2S. The maximum Gasteiger partial charge on any atom is 0.183 e. The second kappa shape index (κ2) is 5.28. The Labute approximate surface area is 100 Å². The third kappa shape index (κ3) is 3.74. The van der Waals surface area contributed by atoms with E-state index in [0.29, 0.717) is 4.47 Å². The van der Waals surface area contributed by atoms with Crippen LogP contribution in [0.25, 0.3) is 0 Å². The maximum atomic E-state index is 5.83. The highest BCUT2D eigenvalue weighted by Gasteiger charge is 2.24. The van der Waals surface area contributed by atoms with Crippen LogP contribution < -0.4 is 0 Å². The van der Waals surface area contributed by atoms with Gasteiger partial charge in [-0.2, -0.15) is 0 Å². The van der Waals surface area contributed by atoms with Gasteiger partial charge < -0.3 is 0 Å². The lowest BCUT2D eigenvalue weighted by molar-refractivity contribution is 0.257. The summed E-state index contributed by atoms with van der Waals surface area (Å²) in [6.45, 7) is 5.70. The molecule has 2 nitrogen and oxygen atoms in total. The van der Waals surface area contributed by atoms with E-state index in [1.165, 1.54) is 37.2 Å². The van der Waals surface area contributed by atoms with Crippen LogP contribution in [0, 0.1) is 5.92 Å². The molecule has 1 fully saturated rings. The largest absolute Gasteiger partial charge is 0.298 e. The number of thiazole rings is 1. The molecule has 4 heteroatoms. The van der Waals surface area contributed by atoms with E-state index in [1.54, 1.807) is 11.3 Å². The second-order valence-electron chi connectivity index (χ2n) is 4.26. The molecule has 1 heterocycles. The number of hydrogen-bond acceptors (Lipinski definition) is 3. The summed E-state index contributed by atoms with van der Waals surface area (Å²) >= 11 is 7.43.